The molecule has 1 aliphatic heterocycles. The summed E-state index contributed by atoms with van der Waals surface area (Å²) in [6.07, 6.45) is 2.90. The first-order valence-electron chi connectivity index (χ1n) is 6.09. The van der Waals surface area contributed by atoms with Crippen LogP contribution in [0.2, 0.25) is 0 Å². The average molecular weight is 268 g/mol. The van der Waals surface area contributed by atoms with E-state index in [0.717, 1.165) is 19.0 Å². The number of nitro groups is 1. The van der Waals surface area contributed by atoms with Gasteiger partial charge in [-0.05, 0) is 19.8 Å². The molecule has 1 aliphatic rings. The molecule has 1 N–H and O–H groups in total. The standard InChI is InChI=1S/C11H16N4O4/c1-7(9-4-3-5-19-9)13-11(16)10-8(15(17)18)6-12-14(10)2/h6-7,9H,3-5H2,1-2H3,(H,13,16)/t7-,9+/m1/s1. The van der Waals surface area contributed by atoms with E-state index in [4.69, 9.17) is 4.74 Å². The maximum atomic E-state index is 12.1. The zero-order valence-electron chi connectivity index (χ0n) is 10.8. The summed E-state index contributed by atoms with van der Waals surface area (Å²) in [5, 5.41) is 17.3. The lowest BCUT2D eigenvalue weighted by Crippen LogP contribution is -2.41. The minimum absolute atomic E-state index is 0.0313. The van der Waals surface area contributed by atoms with Crippen LogP contribution in [0.1, 0.15) is 30.3 Å². The predicted molar refractivity (Wildman–Crippen MR) is 65.8 cm³/mol. The minimum atomic E-state index is -0.612. The van der Waals surface area contributed by atoms with Crippen LogP contribution in [0, 0.1) is 10.1 Å². The molecule has 1 aromatic rings. The molecule has 0 spiro atoms. The van der Waals surface area contributed by atoms with E-state index in [1.807, 2.05) is 6.92 Å². The number of carbonyl (C=O) groups is 1. The van der Waals surface area contributed by atoms with Crippen molar-refractivity contribution in [3.63, 3.8) is 0 Å². The molecule has 0 saturated carbocycles. The molecule has 2 heterocycles. The highest BCUT2D eigenvalue weighted by atomic mass is 16.6. The third-order valence-corrected chi connectivity index (χ3v) is 3.21. The Bertz CT molecular complexity index is 493. The van der Waals surface area contributed by atoms with Crippen LogP contribution in [0.3, 0.4) is 0 Å². The quantitative estimate of drug-likeness (QED) is 0.637. The number of ether oxygens (including phenoxy) is 1. The topological polar surface area (TPSA) is 99.3 Å². The summed E-state index contributed by atoms with van der Waals surface area (Å²) in [6, 6.07) is -0.190. The Morgan fingerprint density at radius 3 is 3.05 bits per heavy atom. The van der Waals surface area contributed by atoms with E-state index in [2.05, 4.69) is 10.4 Å². The van der Waals surface area contributed by atoms with Gasteiger partial charge in [-0.2, -0.15) is 5.10 Å². The van der Waals surface area contributed by atoms with Crippen molar-refractivity contribution in [2.24, 2.45) is 7.05 Å². The number of hydrogen-bond acceptors (Lipinski definition) is 5. The summed E-state index contributed by atoms with van der Waals surface area (Å²) in [5.41, 5.74) is -0.339. The second-order valence-corrected chi connectivity index (χ2v) is 4.57. The second kappa shape index (κ2) is 5.35. The summed E-state index contributed by atoms with van der Waals surface area (Å²) in [6.45, 7) is 2.52. The van der Waals surface area contributed by atoms with Crippen LogP contribution in [-0.4, -0.2) is 39.4 Å². The van der Waals surface area contributed by atoms with Crippen LogP contribution in [0.5, 0.6) is 0 Å². The Morgan fingerprint density at radius 2 is 2.47 bits per heavy atom. The van der Waals surface area contributed by atoms with Crippen molar-refractivity contribution in [1.29, 1.82) is 0 Å². The van der Waals surface area contributed by atoms with Crippen molar-refractivity contribution in [3.8, 4) is 0 Å². The Hall–Kier alpha value is -1.96. The Labute approximate surface area is 109 Å². The van der Waals surface area contributed by atoms with Crippen molar-refractivity contribution in [1.82, 2.24) is 15.1 Å². The van der Waals surface area contributed by atoms with Gasteiger partial charge in [0.05, 0.1) is 17.1 Å². The number of nitrogens with zero attached hydrogens (tertiary/aromatic N) is 3. The number of rotatable bonds is 4. The van der Waals surface area contributed by atoms with Crippen LogP contribution in [0.25, 0.3) is 0 Å². The highest BCUT2D eigenvalue weighted by Crippen LogP contribution is 2.19. The predicted octanol–water partition coefficient (Wildman–Crippen LogP) is 0.626. The van der Waals surface area contributed by atoms with E-state index in [9.17, 15) is 14.9 Å². The Morgan fingerprint density at radius 1 is 1.74 bits per heavy atom. The van der Waals surface area contributed by atoms with Crippen molar-refractivity contribution >= 4 is 11.6 Å². The largest absolute Gasteiger partial charge is 0.376 e. The maximum Gasteiger partial charge on any atom is 0.320 e. The third-order valence-electron chi connectivity index (χ3n) is 3.21. The smallest absolute Gasteiger partial charge is 0.320 e. The lowest BCUT2D eigenvalue weighted by molar-refractivity contribution is -0.385. The fraction of sp³-hybridized carbons (Fsp3) is 0.636. The Balaban J connectivity index is 2.11. The van der Waals surface area contributed by atoms with Gasteiger partial charge in [0.1, 0.15) is 6.20 Å². The molecule has 1 amide bonds. The normalized spacial score (nSPS) is 20.2. The molecular weight excluding hydrogens is 252 g/mol. The van der Waals surface area contributed by atoms with Crippen LogP contribution < -0.4 is 5.32 Å². The Kier molecular flexibility index (Phi) is 3.79. The zero-order chi connectivity index (χ0) is 14.0. The summed E-state index contributed by atoms with van der Waals surface area (Å²) in [5.74, 6) is -0.505. The molecule has 1 aromatic heterocycles. The van der Waals surface area contributed by atoms with Gasteiger partial charge in [-0.3, -0.25) is 19.6 Å². The lowest BCUT2D eigenvalue weighted by atomic mass is 10.1. The number of carbonyl (C=O) groups excluding carboxylic acids is 1. The first kappa shape index (κ1) is 13.5. The molecule has 0 unspecified atom stereocenters. The molecule has 2 atom stereocenters. The van der Waals surface area contributed by atoms with E-state index in [-0.39, 0.29) is 23.5 Å². The number of hydrogen-bond donors (Lipinski definition) is 1. The summed E-state index contributed by atoms with van der Waals surface area (Å²) < 4.78 is 6.67. The third kappa shape index (κ3) is 2.73. The number of aryl methyl sites for hydroxylation is 1. The first-order valence-corrected chi connectivity index (χ1v) is 6.09. The molecule has 0 radical (unpaired) electrons. The number of aromatic nitrogens is 2. The second-order valence-electron chi connectivity index (χ2n) is 4.57. The molecular formula is C11H16N4O4. The number of nitrogens with one attached hydrogen (secondary N) is 1. The van der Waals surface area contributed by atoms with Crippen LogP contribution in [-0.2, 0) is 11.8 Å². The molecule has 2 rings (SSSR count). The van der Waals surface area contributed by atoms with Crippen LogP contribution in [0.4, 0.5) is 5.69 Å². The SMILES string of the molecule is C[C@@H](NC(=O)c1c([N+](=O)[O-])cnn1C)[C@@H]1CCCO1. The van der Waals surface area contributed by atoms with Crippen molar-refractivity contribution in [3.05, 3.63) is 22.0 Å². The molecule has 0 aromatic carbocycles. The summed E-state index contributed by atoms with van der Waals surface area (Å²) in [4.78, 5) is 22.3. The van der Waals surface area contributed by atoms with Gasteiger partial charge in [-0.1, -0.05) is 0 Å². The van der Waals surface area contributed by atoms with Gasteiger partial charge < -0.3 is 10.1 Å². The van der Waals surface area contributed by atoms with Crippen molar-refractivity contribution in [2.45, 2.75) is 31.9 Å². The molecule has 1 fully saturated rings. The van der Waals surface area contributed by atoms with Gasteiger partial charge in [0.25, 0.3) is 5.91 Å². The molecule has 104 valence electrons. The summed E-state index contributed by atoms with van der Waals surface area (Å²) >= 11 is 0. The number of amides is 1. The molecule has 8 heteroatoms. The van der Waals surface area contributed by atoms with Gasteiger partial charge in [0.2, 0.25) is 5.69 Å². The van der Waals surface area contributed by atoms with Gasteiger partial charge in [-0.25, -0.2) is 0 Å². The fourth-order valence-corrected chi connectivity index (χ4v) is 2.19. The minimum Gasteiger partial charge on any atom is -0.376 e. The molecule has 1 saturated heterocycles. The molecule has 8 nitrogen and oxygen atoms in total. The van der Waals surface area contributed by atoms with E-state index in [1.54, 1.807) is 0 Å². The van der Waals surface area contributed by atoms with Gasteiger partial charge in [-0.15, -0.1) is 0 Å². The zero-order valence-corrected chi connectivity index (χ0v) is 10.8. The average Bonchev–Trinajstić information content (AvgIpc) is 2.96. The van der Waals surface area contributed by atoms with E-state index in [1.165, 1.54) is 11.7 Å². The highest BCUT2D eigenvalue weighted by molar-refractivity contribution is 5.96. The summed E-state index contributed by atoms with van der Waals surface area (Å²) in [7, 11) is 1.50. The molecule has 0 bridgehead atoms. The monoisotopic (exact) mass is 268 g/mol. The fourth-order valence-electron chi connectivity index (χ4n) is 2.19. The van der Waals surface area contributed by atoms with Crippen LogP contribution >= 0.6 is 0 Å². The first-order chi connectivity index (χ1) is 9.00. The van der Waals surface area contributed by atoms with Gasteiger partial charge >= 0.3 is 5.69 Å². The molecule has 19 heavy (non-hydrogen) atoms. The van der Waals surface area contributed by atoms with Crippen LogP contribution in [0.15, 0.2) is 6.20 Å². The van der Waals surface area contributed by atoms with E-state index >= 15 is 0 Å². The molecule has 0 aliphatic carbocycles. The van der Waals surface area contributed by atoms with Gasteiger partial charge in [0.15, 0.2) is 0 Å². The van der Waals surface area contributed by atoms with E-state index < -0.39 is 10.8 Å². The maximum absolute atomic E-state index is 12.1. The van der Waals surface area contributed by atoms with Gasteiger partial charge in [0, 0.05) is 13.7 Å². The van der Waals surface area contributed by atoms with Crippen molar-refractivity contribution < 1.29 is 14.5 Å². The van der Waals surface area contributed by atoms with E-state index in [0.29, 0.717) is 6.61 Å². The lowest BCUT2D eigenvalue weighted by Gasteiger charge is -2.19. The van der Waals surface area contributed by atoms with Crippen molar-refractivity contribution in [2.75, 3.05) is 6.61 Å². The highest BCUT2D eigenvalue weighted by Gasteiger charge is 2.29.